The molecule has 0 radical (unpaired) electrons. The molecule has 25 heteroatoms. The van der Waals surface area contributed by atoms with Crippen LogP contribution in [0.5, 0.6) is 0 Å². The van der Waals surface area contributed by atoms with Crippen molar-refractivity contribution in [3.63, 3.8) is 0 Å². The molecule has 1 aromatic carbocycles. The van der Waals surface area contributed by atoms with Crippen LogP contribution in [0.2, 0.25) is 0 Å². The number of nitrogens with one attached hydrogen (secondary N) is 4. The summed E-state index contributed by atoms with van der Waals surface area (Å²) in [6, 6.07) is 6.03. The summed E-state index contributed by atoms with van der Waals surface area (Å²) in [4.78, 5) is 158. The van der Waals surface area contributed by atoms with E-state index in [0.29, 0.717) is 50.3 Å². The molecule has 0 saturated heterocycles. The van der Waals surface area contributed by atoms with Crippen molar-refractivity contribution in [1.29, 1.82) is 0 Å². The van der Waals surface area contributed by atoms with Crippen molar-refractivity contribution in [2.24, 2.45) is 23.7 Å². The van der Waals surface area contributed by atoms with Crippen molar-refractivity contribution in [2.75, 3.05) is 86.3 Å². The third-order valence-electron chi connectivity index (χ3n) is 17.4. The van der Waals surface area contributed by atoms with Crippen LogP contribution in [-0.4, -0.2) is 209 Å². The molecule has 3 heterocycles. The summed E-state index contributed by atoms with van der Waals surface area (Å²) in [6.45, 7) is 20.5. The van der Waals surface area contributed by atoms with Gasteiger partial charge in [0.1, 0.15) is 22.8 Å². The third kappa shape index (κ3) is 25.0. The average molecular weight is 1320 g/mol. The number of likely N-dealkylation sites (N-methyl/N-ethyl adjacent to an activating group) is 1. The Balaban J connectivity index is 1.46. The maximum atomic E-state index is 14.9. The van der Waals surface area contributed by atoms with Crippen LogP contribution in [0.3, 0.4) is 0 Å². The number of unbranched alkanes of at least 4 members (excludes halogenated alkanes) is 1. The molecule has 0 aliphatic carbocycles. The largest absolute Gasteiger partial charge is 0.394 e. The van der Waals surface area contributed by atoms with Crippen molar-refractivity contribution in [1.82, 2.24) is 50.8 Å². The van der Waals surface area contributed by atoms with E-state index in [1.54, 1.807) is 12.3 Å². The fourth-order valence-corrected chi connectivity index (χ4v) is 11.7. The number of hydrogen-bond donors (Lipinski definition) is 5. The Labute approximate surface area is 553 Å². The van der Waals surface area contributed by atoms with Gasteiger partial charge in [0.25, 0.3) is 29.5 Å². The van der Waals surface area contributed by atoms with Gasteiger partial charge < -0.3 is 45.6 Å². The zero-order chi connectivity index (χ0) is 69.0. The molecule has 93 heavy (non-hydrogen) atoms. The number of aromatic nitrogens is 1. The number of aliphatic hydroxyl groups is 1. The number of hydrogen-bond acceptors (Lipinski definition) is 17. The topological polar surface area (TPSA) is 304 Å². The first-order valence-electron chi connectivity index (χ1n) is 33.0. The van der Waals surface area contributed by atoms with Crippen LogP contribution < -0.4 is 21.3 Å². The minimum absolute atomic E-state index is 0.00472. The lowest BCUT2D eigenvalue weighted by atomic mass is 9.81. The van der Waals surface area contributed by atoms with Crippen LogP contribution in [0, 0.1) is 30.6 Å². The Hall–Kier alpha value is -7.06. The monoisotopic (exact) mass is 1320 g/mol. The number of aryl methyl sites for hydroxylation is 1. The molecule has 0 fully saturated rings. The number of rotatable bonds is 45. The summed E-state index contributed by atoms with van der Waals surface area (Å²) in [5, 5.41) is 23.1. The zero-order valence-corrected chi connectivity index (χ0v) is 57.7. The first kappa shape index (κ1) is 78.4. The molecule has 10 amide bonds. The predicted octanol–water partition coefficient (Wildman–Crippen LogP) is 5.26. The number of ether oxygens (including phenoxy) is 2. The normalized spacial score (nSPS) is 15.5. The van der Waals surface area contributed by atoms with Crippen LogP contribution in [0.4, 0.5) is 0 Å². The molecule has 0 bridgehead atoms. The lowest BCUT2D eigenvalue weighted by Crippen LogP contribution is -2.51. The van der Waals surface area contributed by atoms with Gasteiger partial charge in [0.2, 0.25) is 29.5 Å². The van der Waals surface area contributed by atoms with E-state index in [-0.39, 0.29) is 126 Å². The highest BCUT2D eigenvalue weighted by Gasteiger charge is 2.40. The summed E-state index contributed by atoms with van der Waals surface area (Å²) in [7, 11) is 3.74. The second-order valence-corrected chi connectivity index (χ2v) is 26.2. The molecule has 2 aliphatic heterocycles. The van der Waals surface area contributed by atoms with Crippen LogP contribution in [-0.2, 0) is 63.8 Å². The lowest BCUT2D eigenvalue weighted by molar-refractivity contribution is -0.145. The molecular formula is C68H104N10O14S. The van der Waals surface area contributed by atoms with Gasteiger partial charge in [-0.15, -0.1) is 11.3 Å². The molecule has 24 nitrogen and oxygen atoms in total. The number of carbonyl (C=O) groups is 11. The van der Waals surface area contributed by atoms with Gasteiger partial charge in [-0.1, -0.05) is 84.7 Å². The summed E-state index contributed by atoms with van der Waals surface area (Å²) in [6.07, 6.45) is 7.64. The van der Waals surface area contributed by atoms with E-state index in [1.807, 2.05) is 96.6 Å². The number of imide groups is 2. The first-order valence-corrected chi connectivity index (χ1v) is 33.9. The van der Waals surface area contributed by atoms with E-state index >= 15 is 0 Å². The molecular weight excluding hydrogens is 1210 g/mol. The second-order valence-electron chi connectivity index (χ2n) is 25.3. The molecule has 1 aromatic heterocycles. The van der Waals surface area contributed by atoms with E-state index in [1.165, 1.54) is 16.2 Å². The zero-order valence-electron chi connectivity index (χ0n) is 56.9. The second kappa shape index (κ2) is 39.6. The Bertz CT molecular complexity index is 2810. The van der Waals surface area contributed by atoms with Gasteiger partial charge in [-0.25, -0.2) is 4.98 Å². The van der Waals surface area contributed by atoms with E-state index in [4.69, 9.17) is 14.5 Å². The summed E-state index contributed by atoms with van der Waals surface area (Å²) in [5.41, 5.74) is 1.39. The molecule has 2 aromatic rings. The fourth-order valence-electron chi connectivity index (χ4n) is 10.8. The third-order valence-corrected chi connectivity index (χ3v) is 18.3. The summed E-state index contributed by atoms with van der Waals surface area (Å²) >= 11 is 1.30. The highest BCUT2D eigenvalue weighted by Crippen LogP contribution is 2.34. The Kier molecular flexibility index (Phi) is 33.4. The quantitative estimate of drug-likeness (QED) is 0.0417. The van der Waals surface area contributed by atoms with Gasteiger partial charge in [-0.2, -0.15) is 0 Å². The lowest BCUT2D eigenvalue weighted by Gasteiger charge is -2.40. The van der Waals surface area contributed by atoms with Crippen molar-refractivity contribution in [2.45, 2.75) is 176 Å². The highest BCUT2D eigenvalue weighted by molar-refractivity contribution is 7.09. The molecule has 3 unspecified atom stereocenters. The van der Waals surface area contributed by atoms with Gasteiger partial charge >= 0.3 is 0 Å². The van der Waals surface area contributed by atoms with Crippen molar-refractivity contribution >= 4 is 76.2 Å². The van der Waals surface area contributed by atoms with Crippen LogP contribution in [0.25, 0.3) is 0 Å². The van der Waals surface area contributed by atoms with Crippen molar-refractivity contribution < 1.29 is 67.3 Å². The molecule has 4 rings (SSSR count). The molecule has 516 valence electrons. The molecule has 0 spiro atoms. The highest BCUT2D eigenvalue weighted by atomic mass is 32.1. The van der Waals surface area contributed by atoms with Crippen LogP contribution in [0.15, 0.2) is 53.9 Å². The van der Waals surface area contributed by atoms with E-state index in [2.05, 4.69) is 35.1 Å². The SMILES string of the molecule is CCCO[C@H](C[C@H](C(C)C)N(CCC)C(=O)[C@@H](CC(=O)C(C)(C)N(C)C)C(C)CC)c1nc(C(=O)N[C@@H](Cc2ccc(C)cc2)CC(C)C(=O)NC(CCCCNC(=O)CCC(=O)N(CCN2C(=O)C=CC2=O)CCN2C(=O)C=CC2=O)C(=O)NCCOCCO)cs1. The molecule has 7 atom stereocenters. The number of amides is 10. The minimum Gasteiger partial charge on any atom is -0.394 e. The number of carbonyl (C=O) groups excluding carboxylic acids is 11. The fraction of sp³-hybridized carbons (Fsp3) is 0.647. The molecule has 0 saturated carbocycles. The van der Waals surface area contributed by atoms with Gasteiger partial charge in [0.05, 0.1) is 25.4 Å². The Morgan fingerprint density at radius 3 is 1.92 bits per heavy atom. The number of nitrogens with zero attached hydrogens (tertiary/aromatic N) is 6. The van der Waals surface area contributed by atoms with Crippen molar-refractivity contribution in [3.05, 3.63) is 75.8 Å². The number of Topliss-reactive ketones (excluding diaryl/α,β-unsaturated/α-hetero) is 1. The number of aliphatic hydroxyl groups excluding tert-OH is 1. The smallest absolute Gasteiger partial charge is 0.270 e. The number of ketones is 1. The van der Waals surface area contributed by atoms with E-state index < -0.39 is 88.7 Å². The van der Waals surface area contributed by atoms with Gasteiger partial charge in [-0.3, -0.25) is 67.4 Å². The average Bonchev–Trinajstić information content (AvgIpc) is 1.83. The van der Waals surface area contributed by atoms with Crippen molar-refractivity contribution in [3.8, 4) is 0 Å². The van der Waals surface area contributed by atoms with Gasteiger partial charge in [0, 0.05) is 132 Å². The Morgan fingerprint density at radius 1 is 0.742 bits per heavy atom. The number of thiazole rings is 1. The minimum atomic E-state index is -1.00. The number of benzene rings is 1. The van der Waals surface area contributed by atoms with Gasteiger partial charge in [0.15, 0.2) is 5.78 Å². The van der Waals surface area contributed by atoms with Crippen LogP contribution >= 0.6 is 11.3 Å². The van der Waals surface area contributed by atoms with E-state index in [9.17, 15) is 57.8 Å². The molecule has 5 N–H and O–H groups in total. The predicted molar refractivity (Wildman–Crippen MR) is 354 cm³/mol. The van der Waals surface area contributed by atoms with Gasteiger partial charge in [-0.05, 0) is 97.2 Å². The first-order chi connectivity index (χ1) is 44.2. The summed E-state index contributed by atoms with van der Waals surface area (Å²) in [5.74, 6) is -5.76. The summed E-state index contributed by atoms with van der Waals surface area (Å²) < 4.78 is 11.9. The maximum absolute atomic E-state index is 14.9. The Morgan fingerprint density at radius 2 is 1.37 bits per heavy atom. The van der Waals surface area contributed by atoms with E-state index in [0.717, 1.165) is 58.1 Å². The standard InChI is InChI=1S/C68H104N10O14S/c1-13-31-76(67(90)51(47(7)15-3)42-56(80)68(9,10)74(11)12)54(45(4)5)43-55(92-37-14-2)66-73-53(44-93-66)65(89)71-50(41-49-21-19-46(6)20-22-49)40-48(8)63(87)72-52(64(88)70-30-38-91-39-36-79)18-16-17-29-69-57(81)23-24-58(82)75(32-34-77-59(83)25-26-60(77)84)33-35-78-61(85)27-28-62(78)86/h19-22,25-28,44-45,47-48,50-52,54-55,79H,13-18,23-24,29-43H2,1-12H3,(H,69,81)(H,70,88)(H,71,89)(H,72,87)/t47?,48?,50-,51+,52?,54-,55-/m1/s1. The molecule has 2 aliphatic rings. The van der Waals surface area contributed by atoms with Crippen LogP contribution in [0.1, 0.15) is 166 Å². The maximum Gasteiger partial charge on any atom is 0.270 e.